The SMILES string of the molecule is Cc1cc(NC(=O)c2cccc(C(=O)NCc3ccccc3)n2)no1. The van der Waals surface area contributed by atoms with E-state index in [4.69, 9.17) is 4.52 Å². The molecule has 3 aromatic rings. The van der Waals surface area contributed by atoms with Gasteiger partial charge in [0.15, 0.2) is 5.82 Å². The number of nitrogens with zero attached hydrogens (tertiary/aromatic N) is 2. The van der Waals surface area contributed by atoms with Gasteiger partial charge in [0.2, 0.25) is 0 Å². The Bertz CT molecular complexity index is 890. The number of hydrogen-bond donors (Lipinski definition) is 2. The Labute approximate surface area is 144 Å². The second-order valence-electron chi connectivity index (χ2n) is 5.35. The Balaban J connectivity index is 1.66. The number of carbonyl (C=O) groups is 2. The predicted molar refractivity (Wildman–Crippen MR) is 91.0 cm³/mol. The highest BCUT2D eigenvalue weighted by Crippen LogP contribution is 2.09. The summed E-state index contributed by atoms with van der Waals surface area (Å²) in [5.41, 5.74) is 1.26. The van der Waals surface area contributed by atoms with E-state index in [2.05, 4.69) is 20.8 Å². The molecule has 7 heteroatoms. The lowest BCUT2D eigenvalue weighted by Crippen LogP contribution is -2.25. The van der Waals surface area contributed by atoms with Crippen molar-refractivity contribution in [3.63, 3.8) is 0 Å². The molecule has 0 fully saturated rings. The molecule has 0 radical (unpaired) electrons. The van der Waals surface area contributed by atoms with E-state index < -0.39 is 5.91 Å². The van der Waals surface area contributed by atoms with Crippen molar-refractivity contribution in [2.24, 2.45) is 0 Å². The van der Waals surface area contributed by atoms with Crippen LogP contribution in [-0.4, -0.2) is 22.0 Å². The quantitative estimate of drug-likeness (QED) is 0.746. The van der Waals surface area contributed by atoms with Gasteiger partial charge in [-0.3, -0.25) is 9.59 Å². The second-order valence-corrected chi connectivity index (χ2v) is 5.35. The summed E-state index contributed by atoms with van der Waals surface area (Å²) < 4.78 is 4.89. The van der Waals surface area contributed by atoms with E-state index in [-0.39, 0.29) is 17.3 Å². The maximum absolute atomic E-state index is 12.2. The van der Waals surface area contributed by atoms with Crippen LogP contribution in [0.15, 0.2) is 59.1 Å². The first kappa shape index (κ1) is 16.4. The van der Waals surface area contributed by atoms with E-state index in [1.54, 1.807) is 25.1 Å². The maximum atomic E-state index is 12.2. The van der Waals surface area contributed by atoms with E-state index in [1.807, 2.05) is 30.3 Å². The van der Waals surface area contributed by atoms with Gasteiger partial charge in [-0.25, -0.2) is 4.98 Å². The molecular weight excluding hydrogens is 320 g/mol. The van der Waals surface area contributed by atoms with Crippen LogP contribution in [0.3, 0.4) is 0 Å². The molecule has 0 spiro atoms. The van der Waals surface area contributed by atoms with E-state index in [9.17, 15) is 9.59 Å². The molecule has 0 aliphatic heterocycles. The Morgan fingerprint density at radius 1 is 1.00 bits per heavy atom. The number of aromatic nitrogens is 2. The minimum absolute atomic E-state index is 0.119. The third-order valence-electron chi connectivity index (χ3n) is 3.38. The molecule has 2 heterocycles. The molecule has 3 rings (SSSR count). The molecule has 2 aromatic heterocycles. The van der Waals surface area contributed by atoms with Gasteiger partial charge >= 0.3 is 0 Å². The Morgan fingerprint density at radius 2 is 1.72 bits per heavy atom. The lowest BCUT2D eigenvalue weighted by molar-refractivity contribution is 0.0945. The number of benzene rings is 1. The van der Waals surface area contributed by atoms with Crippen molar-refractivity contribution in [1.29, 1.82) is 0 Å². The summed E-state index contributed by atoms with van der Waals surface area (Å²) >= 11 is 0. The van der Waals surface area contributed by atoms with Gasteiger partial charge in [-0.1, -0.05) is 41.6 Å². The predicted octanol–water partition coefficient (Wildman–Crippen LogP) is 2.56. The maximum Gasteiger partial charge on any atom is 0.275 e. The van der Waals surface area contributed by atoms with Crippen molar-refractivity contribution in [3.8, 4) is 0 Å². The molecule has 0 aliphatic carbocycles. The van der Waals surface area contributed by atoms with E-state index in [1.165, 1.54) is 6.07 Å². The molecule has 2 amide bonds. The van der Waals surface area contributed by atoms with Crippen molar-refractivity contribution >= 4 is 17.6 Å². The van der Waals surface area contributed by atoms with Gasteiger partial charge in [0.05, 0.1) is 0 Å². The zero-order chi connectivity index (χ0) is 17.6. The number of carbonyl (C=O) groups excluding carboxylic acids is 2. The van der Waals surface area contributed by atoms with Crippen LogP contribution in [0.25, 0.3) is 0 Å². The van der Waals surface area contributed by atoms with E-state index >= 15 is 0 Å². The van der Waals surface area contributed by atoms with Crippen LogP contribution in [0.4, 0.5) is 5.82 Å². The largest absolute Gasteiger partial charge is 0.360 e. The standard InChI is InChI=1S/C18H16N4O3/c1-12-10-16(22-25-12)21-18(24)15-9-5-8-14(20-15)17(23)19-11-13-6-3-2-4-7-13/h2-10H,11H2,1H3,(H,19,23)(H,21,22,24). The first-order valence-corrected chi connectivity index (χ1v) is 7.65. The molecule has 0 saturated heterocycles. The fourth-order valence-electron chi connectivity index (χ4n) is 2.16. The van der Waals surface area contributed by atoms with Crippen molar-refractivity contribution in [1.82, 2.24) is 15.5 Å². The van der Waals surface area contributed by atoms with Gasteiger partial charge in [0, 0.05) is 12.6 Å². The molecule has 0 aliphatic rings. The van der Waals surface area contributed by atoms with Crippen molar-refractivity contribution in [3.05, 3.63) is 77.3 Å². The number of hydrogen-bond acceptors (Lipinski definition) is 5. The molecule has 2 N–H and O–H groups in total. The molecule has 0 saturated carbocycles. The summed E-state index contributed by atoms with van der Waals surface area (Å²) in [5.74, 6) is 0.0577. The second kappa shape index (κ2) is 7.39. The average Bonchev–Trinajstić information content (AvgIpc) is 3.05. The molecule has 0 atom stereocenters. The van der Waals surface area contributed by atoms with Gasteiger partial charge in [-0.05, 0) is 24.6 Å². The number of rotatable bonds is 5. The van der Waals surface area contributed by atoms with E-state index in [0.29, 0.717) is 18.1 Å². The monoisotopic (exact) mass is 336 g/mol. The summed E-state index contributed by atoms with van der Waals surface area (Å²) in [6.07, 6.45) is 0. The van der Waals surface area contributed by atoms with Gasteiger partial charge in [-0.15, -0.1) is 0 Å². The molecule has 25 heavy (non-hydrogen) atoms. The normalized spacial score (nSPS) is 10.3. The van der Waals surface area contributed by atoms with Gasteiger partial charge in [-0.2, -0.15) is 0 Å². The minimum atomic E-state index is -0.467. The molecule has 0 unspecified atom stereocenters. The fourth-order valence-corrected chi connectivity index (χ4v) is 2.16. The Hall–Kier alpha value is -3.48. The lowest BCUT2D eigenvalue weighted by atomic mass is 10.2. The van der Waals surface area contributed by atoms with Crippen molar-refractivity contribution < 1.29 is 14.1 Å². The number of amides is 2. The number of aryl methyl sites for hydroxylation is 1. The number of pyridine rings is 1. The highest BCUT2D eigenvalue weighted by atomic mass is 16.5. The topological polar surface area (TPSA) is 97.1 Å². The van der Waals surface area contributed by atoms with Crippen LogP contribution < -0.4 is 10.6 Å². The third-order valence-corrected chi connectivity index (χ3v) is 3.38. The molecule has 0 bridgehead atoms. The highest BCUT2D eigenvalue weighted by Gasteiger charge is 2.13. The summed E-state index contributed by atoms with van der Waals surface area (Å²) in [6, 6.07) is 15.8. The van der Waals surface area contributed by atoms with Crippen LogP contribution >= 0.6 is 0 Å². The molecule has 126 valence electrons. The Kier molecular flexibility index (Phi) is 4.84. The summed E-state index contributed by atoms with van der Waals surface area (Å²) in [5, 5.41) is 9.03. The van der Waals surface area contributed by atoms with Crippen LogP contribution in [0.5, 0.6) is 0 Å². The Morgan fingerprint density at radius 3 is 2.40 bits per heavy atom. The molecule has 1 aromatic carbocycles. The zero-order valence-corrected chi connectivity index (χ0v) is 13.5. The summed E-state index contributed by atoms with van der Waals surface area (Å²) in [6.45, 7) is 2.11. The van der Waals surface area contributed by atoms with E-state index in [0.717, 1.165) is 5.56 Å². The number of anilines is 1. The average molecular weight is 336 g/mol. The number of nitrogens with one attached hydrogen (secondary N) is 2. The smallest absolute Gasteiger partial charge is 0.275 e. The van der Waals surface area contributed by atoms with Crippen LogP contribution in [0.2, 0.25) is 0 Å². The molecule has 7 nitrogen and oxygen atoms in total. The van der Waals surface area contributed by atoms with Gasteiger partial charge in [0.1, 0.15) is 17.1 Å². The lowest BCUT2D eigenvalue weighted by Gasteiger charge is -2.06. The van der Waals surface area contributed by atoms with Crippen molar-refractivity contribution in [2.45, 2.75) is 13.5 Å². The third kappa shape index (κ3) is 4.29. The van der Waals surface area contributed by atoms with Crippen LogP contribution in [0.1, 0.15) is 32.3 Å². The van der Waals surface area contributed by atoms with Crippen molar-refractivity contribution in [2.75, 3.05) is 5.32 Å². The summed E-state index contributed by atoms with van der Waals surface area (Å²) in [4.78, 5) is 28.5. The first-order chi connectivity index (χ1) is 12.1. The van der Waals surface area contributed by atoms with Gasteiger partial charge in [0.25, 0.3) is 11.8 Å². The summed E-state index contributed by atoms with van der Waals surface area (Å²) in [7, 11) is 0. The highest BCUT2D eigenvalue weighted by molar-refractivity contribution is 6.03. The zero-order valence-electron chi connectivity index (χ0n) is 13.5. The van der Waals surface area contributed by atoms with Gasteiger partial charge < -0.3 is 15.2 Å². The molecular formula is C18H16N4O3. The minimum Gasteiger partial charge on any atom is -0.360 e. The first-order valence-electron chi connectivity index (χ1n) is 7.65. The van der Waals surface area contributed by atoms with Crippen LogP contribution in [0, 0.1) is 6.92 Å². The van der Waals surface area contributed by atoms with Crippen LogP contribution in [-0.2, 0) is 6.54 Å². The fraction of sp³-hybridized carbons (Fsp3) is 0.111.